The number of phenolic OH excluding ortho intramolecular Hbond substituents is 1. The molecule has 0 aliphatic rings. The SMILES string of the molecule is CC(C)(C)c1cc(C(=O)c2sccc2Cl)ccc1O. The Kier molecular flexibility index (Phi) is 3.70. The van der Waals surface area contributed by atoms with E-state index in [2.05, 4.69) is 0 Å². The minimum Gasteiger partial charge on any atom is -0.508 e. The van der Waals surface area contributed by atoms with Crippen LogP contribution in [0, 0.1) is 0 Å². The van der Waals surface area contributed by atoms with E-state index in [1.54, 1.807) is 29.6 Å². The summed E-state index contributed by atoms with van der Waals surface area (Å²) < 4.78 is 0. The second kappa shape index (κ2) is 4.99. The predicted molar refractivity (Wildman–Crippen MR) is 79.6 cm³/mol. The average Bonchev–Trinajstić information content (AvgIpc) is 2.73. The van der Waals surface area contributed by atoms with E-state index >= 15 is 0 Å². The molecule has 0 fully saturated rings. The van der Waals surface area contributed by atoms with Crippen molar-refractivity contribution in [1.29, 1.82) is 0 Å². The molecule has 0 aliphatic heterocycles. The van der Waals surface area contributed by atoms with Crippen LogP contribution in [0.15, 0.2) is 29.6 Å². The average molecular weight is 295 g/mol. The maximum absolute atomic E-state index is 12.4. The van der Waals surface area contributed by atoms with Crippen molar-refractivity contribution >= 4 is 28.7 Å². The number of aromatic hydroxyl groups is 1. The maximum atomic E-state index is 12.4. The molecule has 0 saturated carbocycles. The van der Waals surface area contributed by atoms with Gasteiger partial charge < -0.3 is 5.11 Å². The first-order valence-electron chi connectivity index (χ1n) is 5.92. The first-order chi connectivity index (χ1) is 8.80. The lowest BCUT2D eigenvalue weighted by molar-refractivity contribution is 0.104. The van der Waals surface area contributed by atoms with Gasteiger partial charge in [0.2, 0.25) is 5.78 Å². The third kappa shape index (κ3) is 2.82. The molecule has 2 nitrogen and oxygen atoms in total. The van der Waals surface area contributed by atoms with E-state index in [4.69, 9.17) is 11.6 Å². The third-order valence-electron chi connectivity index (χ3n) is 2.89. The Balaban J connectivity index is 2.48. The molecule has 0 atom stereocenters. The van der Waals surface area contributed by atoms with Gasteiger partial charge in [0.1, 0.15) is 5.75 Å². The van der Waals surface area contributed by atoms with Crippen molar-refractivity contribution in [3.8, 4) is 5.75 Å². The summed E-state index contributed by atoms with van der Waals surface area (Å²) in [6, 6.07) is 6.65. The molecule has 4 heteroatoms. The minimum absolute atomic E-state index is 0.106. The monoisotopic (exact) mass is 294 g/mol. The van der Waals surface area contributed by atoms with Crippen molar-refractivity contribution in [2.24, 2.45) is 0 Å². The van der Waals surface area contributed by atoms with Crippen molar-refractivity contribution in [1.82, 2.24) is 0 Å². The Hall–Kier alpha value is -1.32. The fourth-order valence-corrected chi connectivity index (χ4v) is 2.97. The van der Waals surface area contributed by atoms with Crippen LogP contribution in [0.1, 0.15) is 41.6 Å². The van der Waals surface area contributed by atoms with Crippen molar-refractivity contribution < 1.29 is 9.90 Å². The summed E-state index contributed by atoms with van der Waals surface area (Å²) in [6.07, 6.45) is 0. The summed E-state index contributed by atoms with van der Waals surface area (Å²) in [5.41, 5.74) is 1.08. The van der Waals surface area contributed by atoms with Gasteiger partial charge in [-0.2, -0.15) is 0 Å². The molecule has 0 bridgehead atoms. The van der Waals surface area contributed by atoms with Gasteiger partial charge in [0.15, 0.2) is 0 Å². The van der Waals surface area contributed by atoms with Crippen LogP contribution in [0.2, 0.25) is 5.02 Å². The lowest BCUT2D eigenvalue weighted by atomic mass is 9.85. The van der Waals surface area contributed by atoms with Gasteiger partial charge in [0, 0.05) is 5.56 Å². The van der Waals surface area contributed by atoms with Crippen molar-refractivity contribution in [2.45, 2.75) is 26.2 Å². The zero-order chi connectivity index (χ0) is 14.2. The van der Waals surface area contributed by atoms with Crippen molar-refractivity contribution in [3.05, 3.63) is 50.7 Å². The molecule has 2 aromatic rings. The molecule has 1 N–H and O–H groups in total. The van der Waals surface area contributed by atoms with Gasteiger partial charge in [0.05, 0.1) is 9.90 Å². The number of hydrogen-bond donors (Lipinski definition) is 1. The van der Waals surface area contributed by atoms with E-state index in [0.717, 1.165) is 5.56 Å². The molecule has 100 valence electrons. The van der Waals surface area contributed by atoms with Crippen LogP contribution in [0.5, 0.6) is 5.75 Å². The Morgan fingerprint density at radius 1 is 1.26 bits per heavy atom. The third-order valence-corrected chi connectivity index (χ3v) is 4.23. The van der Waals surface area contributed by atoms with E-state index < -0.39 is 0 Å². The predicted octanol–water partition coefficient (Wildman–Crippen LogP) is 4.64. The fraction of sp³-hybridized carbons (Fsp3) is 0.267. The largest absolute Gasteiger partial charge is 0.508 e. The zero-order valence-corrected chi connectivity index (χ0v) is 12.6. The Bertz CT molecular complexity index is 623. The zero-order valence-electron chi connectivity index (χ0n) is 11.0. The molecule has 0 radical (unpaired) electrons. The number of thiophene rings is 1. The molecule has 19 heavy (non-hydrogen) atoms. The summed E-state index contributed by atoms with van der Waals surface area (Å²) in [5, 5.41) is 12.2. The summed E-state index contributed by atoms with van der Waals surface area (Å²) in [7, 11) is 0. The molecule has 1 aromatic heterocycles. The van der Waals surface area contributed by atoms with Gasteiger partial charge in [-0.15, -0.1) is 11.3 Å². The molecule has 0 saturated heterocycles. The Morgan fingerprint density at radius 3 is 2.47 bits per heavy atom. The number of hydrogen-bond acceptors (Lipinski definition) is 3. The van der Waals surface area contributed by atoms with Gasteiger partial charge in [0.25, 0.3) is 0 Å². The molecule has 0 amide bonds. The summed E-state index contributed by atoms with van der Waals surface area (Å²) in [4.78, 5) is 12.9. The molecular weight excluding hydrogens is 280 g/mol. The summed E-state index contributed by atoms with van der Waals surface area (Å²) in [5.74, 6) is 0.104. The molecule has 1 aromatic carbocycles. The number of carbonyl (C=O) groups excluding carboxylic acids is 1. The summed E-state index contributed by atoms with van der Waals surface area (Å²) >= 11 is 7.31. The van der Waals surface area contributed by atoms with Crippen LogP contribution in [0.25, 0.3) is 0 Å². The van der Waals surface area contributed by atoms with Gasteiger partial charge in [-0.1, -0.05) is 32.4 Å². The first kappa shape index (κ1) is 14.1. The van der Waals surface area contributed by atoms with E-state index in [1.807, 2.05) is 20.8 Å². The molecule has 1 heterocycles. The molecule has 2 rings (SSSR count). The van der Waals surface area contributed by atoms with Crippen LogP contribution in [-0.4, -0.2) is 10.9 Å². The van der Waals surface area contributed by atoms with E-state index in [1.165, 1.54) is 11.3 Å². The first-order valence-corrected chi connectivity index (χ1v) is 7.17. The second-order valence-corrected chi connectivity index (χ2v) is 6.73. The number of halogens is 1. The van der Waals surface area contributed by atoms with Gasteiger partial charge >= 0.3 is 0 Å². The fourth-order valence-electron chi connectivity index (χ4n) is 1.86. The highest BCUT2D eigenvalue weighted by Gasteiger charge is 2.21. The molecular formula is C15H15ClO2S. The highest BCUT2D eigenvalue weighted by Crippen LogP contribution is 2.33. The lowest BCUT2D eigenvalue weighted by Crippen LogP contribution is -2.13. The van der Waals surface area contributed by atoms with Crippen molar-refractivity contribution in [3.63, 3.8) is 0 Å². The van der Waals surface area contributed by atoms with E-state index in [-0.39, 0.29) is 16.9 Å². The number of ketones is 1. The van der Waals surface area contributed by atoms with Crippen LogP contribution in [0.4, 0.5) is 0 Å². The Labute approximate surface area is 121 Å². The van der Waals surface area contributed by atoms with E-state index in [0.29, 0.717) is 15.5 Å². The van der Waals surface area contributed by atoms with Gasteiger partial charge in [-0.05, 0) is 40.6 Å². The Morgan fingerprint density at radius 2 is 1.95 bits per heavy atom. The smallest absolute Gasteiger partial charge is 0.204 e. The van der Waals surface area contributed by atoms with Gasteiger partial charge in [-0.25, -0.2) is 0 Å². The standard InChI is InChI=1S/C15H15ClO2S/c1-15(2,3)10-8-9(4-5-12(10)17)13(18)14-11(16)6-7-19-14/h4-8,17H,1-3H3. The van der Waals surface area contributed by atoms with Crippen LogP contribution in [0.3, 0.4) is 0 Å². The van der Waals surface area contributed by atoms with E-state index in [9.17, 15) is 9.90 Å². The van der Waals surface area contributed by atoms with Gasteiger partial charge in [-0.3, -0.25) is 4.79 Å². The lowest BCUT2D eigenvalue weighted by Gasteiger charge is -2.21. The quantitative estimate of drug-likeness (QED) is 0.820. The summed E-state index contributed by atoms with van der Waals surface area (Å²) in [6.45, 7) is 5.98. The minimum atomic E-state index is -0.223. The highest BCUT2D eigenvalue weighted by molar-refractivity contribution is 7.13. The normalized spacial score (nSPS) is 11.6. The number of rotatable bonds is 2. The maximum Gasteiger partial charge on any atom is 0.204 e. The second-order valence-electron chi connectivity index (χ2n) is 5.41. The van der Waals surface area contributed by atoms with Crippen LogP contribution < -0.4 is 0 Å². The topological polar surface area (TPSA) is 37.3 Å². The molecule has 0 spiro atoms. The number of benzene rings is 1. The molecule has 0 unspecified atom stereocenters. The number of phenols is 1. The molecule has 0 aliphatic carbocycles. The number of carbonyl (C=O) groups is 1. The van der Waals surface area contributed by atoms with Crippen LogP contribution >= 0.6 is 22.9 Å². The highest BCUT2D eigenvalue weighted by atomic mass is 35.5. The van der Waals surface area contributed by atoms with Crippen LogP contribution in [-0.2, 0) is 5.41 Å². The van der Waals surface area contributed by atoms with Crippen molar-refractivity contribution in [2.75, 3.05) is 0 Å².